The van der Waals surface area contributed by atoms with E-state index in [-0.39, 0.29) is 22.6 Å². The Morgan fingerprint density at radius 1 is 1.17 bits per heavy atom. The summed E-state index contributed by atoms with van der Waals surface area (Å²) in [6, 6.07) is 15.5. The number of nitrogens with zero attached hydrogens (tertiary/aromatic N) is 2. The molecule has 3 N–H and O–H groups in total. The molecule has 0 atom stereocenters. The number of benzene rings is 2. The fraction of sp³-hybridized carbons (Fsp3) is 0.167. The minimum absolute atomic E-state index is 0. The number of rotatable bonds is 6. The van der Waals surface area contributed by atoms with Crippen molar-refractivity contribution in [3.05, 3.63) is 66.2 Å². The Labute approximate surface area is 147 Å². The summed E-state index contributed by atoms with van der Waals surface area (Å²) in [4.78, 5) is 18.6. The van der Waals surface area contributed by atoms with Gasteiger partial charge in [-0.05, 0) is 29.8 Å². The number of Topliss-reactive ketones (excluding diaryl/α,β-unsaturated/α-hetero) is 1. The Morgan fingerprint density at radius 2 is 1.83 bits per heavy atom. The van der Waals surface area contributed by atoms with E-state index >= 15 is 0 Å². The summed E-state index contributed by atoms with van der Waals surface area (Å²) in [6.07, 6.45) is 2.10. The first-order valence-electron chi connectivity index (χ1n) is 7.16. The van der Waals surface area contributed by atoms with E-state index < -0.39 is 0 Å². The average molecular weight is 354 g/mol. The molecule has 0 unspecified atom stereocenters. The van der Waals surface area contributed by atoms with Gasteiger partial charge >= 0.3 is 0 Å². The van der Waals surface area contributed by atoms with Crippen molar-refractivity contribution >= 4 is 23.4 Å². The number of para-hydroxylation sites is 1. The van der Waals surface area contributed by atoms with Crippen molar-refractivity contribution in [2.75, 3.05) is 19.0 Å². The van der Waals surface area contributed by atoms with Gasteiger partial charge in [0, 0.05) is 48.3 Å². The van der Waals surface area contributed by atoms with Gasteiger partial charge < -0.3 is 10.6 Å². The third kappa shape index (κ3) is 5.32. The molecule has 0 spiro atoms. The molecule has 0 amide bonds. The Hall–Kier alpha value is -1.95. The summed E-state index contributed by atoms with van der Waals surface area (Å²) in [5.41, 5.74) is 7.06. The van der Waals surface area contributed by atoms with Crippen LogP contribution >= 0.6 is 0 Å². The van der Waals surface area contributed by atoms with Crippen LogP contribution in [-0.4, -0.2) is 26.1 Å². The van der Waals surface area contributed by atoms with E-state index in [9.17, 15) is 4.79 Å². The van der Waals surface area contributed by atoms with Crippen LogP contribution in [0, 0.1) is 6.54 Å². The first-order chi connectivity index (χ1) is 10.6. The van der Waals surface area contributed by atoms with Gasteiger partial charge in [-0.3, -0.25) is 9.79 Å². The number of hydrogen-bond donors (Lipinski definition) is 1. The van der Waals surface area contributed by atoms with E-state index in [2.05, 4.69) is 10.7 Å². The quantitative estimate of drug-likeness (QED) is 0.492. The van der Waals surface area contributed by atoms with Gasteiger partial charge in [0.1, 0.15) is 5.78 Å². The van der Waals surface area contributed by atoms with E-state index in [4.69, 9.17) is 0 Å². The van der Waals surface area contributed by atoms with Crippen molar-refractivity contribution in [1.82, 2.24) is 0 Å². The van der Waals surface area contributed by atoms with E-state index in [1.165, 1.54) is 0 Å². The predicted molar refractivity (Wildman–Crippen MR) is 90.6 cm³/mol. The number of hydrogen-bond acceptors (Lipinski definition) is 3. The first kappa shape index (κ1) is 19.1. The predicted octanol–water partition coefficient (Wildman–Crippen LogP) is 2.48. The fourth-order valence-corrected chi connectivity index (χ4v) is 2.07. The van der Waals surface area contributed by atoms with Crippen LogP contribution in [0.3, 0.4) is 0 Å². The van der Waals surface area contributed by atoms with Gasteiger partial charge in [-0.1, -0.05) is 30.7 Å². The second kappa shape index (κ2) is 9.25. The van der Waals surface area contributed by atoms with Crippen LogP contribution in [0.25, 0.3) is 0 Å². The molecule has 4 nitrogen and oxygen atoms in total. The van der Waals surface area contributed by atoms with Crippen molar-refractivity contribution in [2.45, 2.75) is 6.42 Å². The SMILES string of the molecule is CN(C)c1ccc(C=Nc2ccccc2C(=O)C[CH-][NH3+])cc1.[Co]. The zero-order valence-corrected chi connectivity index (χ0v) is 14.4. The molecule has 0 bridgehead atoms. The van der Waals surface area contributed by atoms with Gasteiger partial charge in [0.05, 0.1) is 5.69 Å². The Balaban J connectivity index is 0.00000264. The van der Waals surface area contributed by atoms with Crippen molar-refractivity contribution in [3.63, 3.8) is 0 Å². The normalized spacial score (nSPS) is 10.4. The summed E-state index contributed by atoms with van der Waals surface area (Å²) < 4.78 is 0. The van der Waals surface area contributed by atoms with Crippen molar-refractivity contribution < 1.29 is 27.3 Å². The molecule has 123 valence electrons. The second-order valence-electron chi connectivity index (χ2n) is 5.18. The molecule has 0 saturated heterocycles. The standard InChI is InChI=1S/C18H21N3O.Co/c1-21(2)15-9-7-14(8-10-15)13-20-17-6-4-3-5-16(17)18(22)11-12-19;/h3-10,12-13H,11H2,1-2,19H3;. The maximum Gasteiger partial charge on any atom is 0.140 e. The third-order valence-electron chi connectivity index (χ3n) is 3.30. The van der Waals surface area contributed by atoms with Crippen LogP contribution in [0.15, 0.2) is 53.5 Å². The third-order valence-corrected chi connectivity index (χ3v) is 3.30. The van der Waals surface area contributed by atoms with Crippen molar-refractivity contribution in [2.24, 2.45) is 4.99 Å². The molecule has 1 radical (unpaired) electrons. The van der Waals surface area contributed by atoms with Crippen LogP contribution in [0.2, 0.25) is 0 Å². The summed E-state index contributed by atoms with van der Waals surface area (Å²) in [7, 11) is 4.01. The second-order valence-corrected chi connectivity index (χ2v) is 5.18. The molecule has 0 fully saturated rings. The first-order valence-corrected chi connectivity index (χ1v) is 7.16. The summed E-state index contributed by atoms with van der Waals surface area (Å²) >= 11 is 0. The molecule has 2 aromatic carbocycles. The Kier molecular flexibility index (Phi) is 7.68. The number of anilines is 1. The zero-order chi connectivity index (χ0) is 15.9. The molecule has 0 aromatic heterocycles. The van der Waals surface area contributed by atoms with Crippen molar-refractivity contribution in [1.29, 1.82) is 0 Å². The van der Waals surface area contributed by atoms with Crippen LogP contribution in [0.5, 0.6) is 0 Å². The Bertz CT molecular complexity index is 666. The largest absolute Gasteiger partial charge is 0.487 e. The van der Waals surface area contributed by atoms with Crippen LogP contribution < -0.4 is 10.6 Å². The zero-order valence-electron chi connectivity index (χ0n) is 13.3. The van der Waals surface area contributed by atoms with Gasteiger partial charge in [0.2, 0.25) is 0 Å². The van der Waals surface area contributed by atoms with Gasteiger partial charge in [-0.15, -0.1) is 6.54 Å². The van der Waals surface area contributed by atoms with E-state index in [1.54, 1.807) is 18.8 Å². The Morgan fingerprint density at radius 3 is 2.43 bits per heavy atom. The molecular formula is C18H21CoN3O. The number of carbonyl (C=O) groups excluding carboxylic acids is 1. The number of ketones is 1. The number of carbonyl (C=O) groups is 1. The van der Waals surface area contributed by atoms with Crippen LogP contribution in [-0.2, 0) is 16.8 Å². The molecule has 0 aliphatic rings. The van der Waals surface area contributed by atoms with Gasteiger partial charge in [-0.2, -0.15) is 0 Å². The summed E-state index contributed by atoms with van der Waals surface area (Å²) in [6.45, 7) is 1.61. The topological polar surface area (TPSA) is 60.3 Å². The molecule has 0 aliphatic carbocycles. The molecule has 0 aliphatic heterocycles. The number of quaternary nitrogens is 1. The fourth-order valence-electron chi connectivity index (χ4n) is 2.07. The molecule has 23 heavy (non-hydrogen) atoms. The molecule has 2 rings (SSSR count). The van der Waals surface area contributed by atoms with Crippen LogP contribution in [0.4, 0.5) is 11.4 Å². The van der Waals surface area contributed by atoms with Gasteiger partial charge in [0.25, 0.3) is 0 Å². The molecule has 0 heterocycles. The maximum absolute atomic E-state index is 12.0. The monoisotopic (exact) mass is 354 g/mol. The summed E-state index contributed by atoms with van der Waals surface area (Å²) in [5, 5.41) is 0. The number of aliphatic imine (C=N–C) groups is 1. The van der Waals surface area contributed by atoms with Gasteiger partial charge in [0.15, 0.2) is 0 Å². The molecule has 0 saturated carbocycles. The smallest absolute Gasteiger partial charge is 0.140 e. The van der Waals surface area contributed by atoms with E-state index in [0.29, 0.717) is 17.7 Å². The van der Waals surface area contributed by atoms with E-state index in [1.807, 2.05) is 61.5 Å². The van der Waals surface area contributed by atoms with Crippen molar-refractivity contribution in [3.8, 4) is 0 Å². The molecule has 5 heteroatoms. The summed E-state index contributed by atoms with van der Waals surface area (Å²) in [5.74, 6) is 0.0331. The van der Waals surface area contributed by atoms with Gasteiger partial charge in [-0.25, -0.2) is 0 Å². The maximum atomic E-state index is 12.0. The molecular weight excluding hydrogens is 333 g/mol. The molecule has 2 aromatic rings. The minimum atomic E-state index is 0. The minimum Gasteiger partial charge on any atom is -0.487 e. The average Bonchev–Trinajstić information content (AvgIpc) is 2.54. The van der Waals surface area contributed by atoms with E-state index in [0.717, 1.165) is 11.3 Å². The van der Waals surface area contributed by atoms with Crippen LogP contribution in [0.1, 0.15) is 22.3 Å².